The Hall–Kier alpha value is -1.67. The van der Waals surface area contributed by atoms with Gasteiger partial charge in [0.1, 0.15) is 6.17 Å². The fourth-order valence-corrected chi connectivity index (χ4v) is 4.64. The highest BCUT2D eigenvalue weighted by Gasteiger charge is 2.22. The molecule has 1 aliphatic rings. The third-order valence-corrected chi connectivity index (χ3v) is 6.50. The molecule has 0 heterocycles. The molecule has 1 fully saturated rings. The average molecular weight is 382 g/mol. The monoisotopic (exact) mass is 381 g/mol. The van der Waals surface area contributed by atoms with Crippen molar-refractivity contribution >= 4 is 0 Å². The Labute approximate surface area is 171 Å². The van der Waals surface area contributed by atoms with E-state index in [-0.39, 0.29) is 0 Å². The van der Waals surface area contributed by atoms with Crippen molar-refractivity contribution in [3.05, 3.63) is 71.3 Å². The fourth-order valence-electron chi connectivity index (χ4n) is 4.64. The van der Waals surface area contributed by atoms with Crippen molar-refractivity contribution in [3.63, 3.8) is 0 Å². The lowest BCUT2D eigenvalue weighted by Gasteiger charge is -2.30. The Bertz CT molecular complexity index is 673. The number of aryl methyl sites for hydroxylation is 1. The maximum atomic E-state index is 13.4. The third-order valence-electron chi connectivity index (χ3n) is 6.50. The zero-order valence-electron chi connectivity index (χ0n) is 17.6. The van der Waals surface area contributed by atoms with Crippen LogP contribution in [0.15, 0.2) is 54.6 Å². The molecule has 2 aromatic rings. The van der Waals surface area contributed by atoms with Crippen LogP contribution in [0.25, 0.3) is 0 Å². The first-order valence-electron chi connectivity index (χ1n) is 11.2. The lowest BCUT2D eigenvalue weighted by Crippen LogP contribution is -2.34. The van der Waals surface area contributed by atoms with Gasteiger partial charge in [0.25, 0.3) is 0 Å². The minimum atomic E-state index is -0.570. The van der Waals surface area contributed by atoms with E-state index < -0.39 is 6.17 Å². The number of halogens is 1. The van der Waals surface area contributed by atoms with Gasteiger partial charge in [0.2, 0.25) is 0 Å². The van der Waals surface area contributed by atoms with E-state index in [2.05, 4.69) is 73.3 Å². The van der Waals surface area contributed by atoms with E-state index in [1.807, 2.05) is 0 Å². The van der Waals surface area contributed by atoms with Gasteiger partial charge >= 0.3 is 0 Å². The van der Waals surface area contributed by atoms with Crippen molar-refractivity contribution in [2.75, 3.05) is 6.54 Å². The van der Waals surface area contributed by atoms with E-state index in [4.69, 9.17) is 0 Å². The van der Waals surface area contributed by atoms with Crippen LogP contribution in [0.2, 0.25) is 0 Å². The minimum absolute atomic E-state index is 0.561. The maximum Gasteiger partial charge on any atom is 0.100 e. The average Bonchev–Trinajstić information content (AvgIpc) is 2.75. The van der Waals surface area contributed by atoms with Gasteiger partial charge in [-0.05, 0) is 74.1 Å². The van der Waals surface area contributed by atoms with Crippen LogP contribution in [0.4, 0.5) is 4.39 Å². The summed E-state index contributed by atoms with van der Waals surface area (Å²) in [4.78, 5) is 2.61. The SMILES string of the molecule is CCC(CCc1ccc(C2CCC(F)CC2)cc1)N(CC)Cc1ccccc1. The first-order chi connectivity index (χ1) is 13.7. The molecule has 28 heavy (non-hydrogen) atoms. The van der Waals surface area contributed by atoms with Gasteiger partial charge in [0.15, 0.2) is 0 Å². The molecule has 1 aliphatic carbocycles. The largest absolute Gasteiger partial charge is 0.296 e. The van der Waals surface area contributed by atoms with Crippen molar-refractivity contribution in [1.29, 1.82) is 0 Å². The summed E-state index contributed by atoms with van der Waals surface area (Å²) in [5.74, 6) is 0.561. The molecule has 3 rings (SSSR count). The summed E-state index contributed by atoms with van der Waals surface area (Å²) in [6, 6.07) is 20.6. The molecule has 152 valence electrons. The summed E-state index contributed by atoms with van der Waals surface area (Å²) in [5.41, 5.74) is 4.23. The van der Waals surface area contributed by atoms with Crippen LogP contribution >= 0.6 is 0 Å². The molecule has 0 amide bonds. The molecule has 0 saturated heterocycles. The molecule has 0 bridgehead atoms. The molecular formula is C26H36FN. The van der Waals surface area contributed by atoms with Crippen LogP contribution in [-0.2, 0) is 13.0 Å². The Morgan fingerprint density at radius 3 is 2.18 bits per heavy atom. The molecule has 0 aromatic heterocycles. The van der Waals surface area contributed by atoms with Gasteiger partial charge in [-0.15, -0.1) is 0 Å². The van der Waals surface area contributed by atoms with Crippen molar-refractivity contribution in [2.45, 2.75) is 83.5 Å². The number of hydrogen-bond acceptors (Lipinski definition) is 1. The molecule has 0 N–H and O–H groups in total. The van der Waals surface area contributed by atoms with Crippen molar-refractivity contribution in [1.82, 2.24) is 4.90 Å². The predicted molar refractivity (Wildman–Crippen MR) is 117 cm³/mol. The molecule has 1 saturated carbocycles. The smallest absolute Gasteiger partial charge is 0.100 e. The standard InChI is InChI=1S/C26H36FN/c1-3-26(28(4-2)20-22-8-6-5-7-9-22)19-12-21-10-13-23(14-11-21)24-15-17-25(27)18-16-24/h5-11,13-14,24-26H,3-4,12,15-20H2,1-2H3. The number of rotatable bonds is 9. The van der Waals surface area contributed by atoms with Crippen LogP contribution in [0, 0.1) is 0 Å². The van der Waals surface area contributed by atoms with Gasteiger partial charge in [0.05, 0.1) is 0 Å². The van der Waals surface area contributed by atoms with Gasteiger partial charge in [-0.2, -0.15) is 0 Å². The molecule has 0 aliphatic heterocycles. The van der Waals surface area contributed by atoms with Gasteiger partial charge < -0.3 is 0 Å². The molecule has 0 radical (unpaired) electrons. The minimum Gasteiger partial charge on any atom is -0.296 e. The van der Waals surface area contributed by atoms with Crippen molar-refractivity contribution in [3.8, 4) is 0 Å². The highest BCUT2D eigenvalue weighted by Crippen LogP contribution is 2.34. The van der Waals surface area contributed by atoms with E-state index in [0.29, 0.717) is 12.0 Å². The number of alkyl halides is 1. The molecular weight excluding hydrogens is 345 g/mol. The Morgan fingerprint density at radius 2 is 1.57 bits per heavy atom. The van der Waals surface area contributed by atoms with Crippen LogP contribution in [0.1, 0.15) is 75.0 Å². The summed E-state index contributed by atoms with van der Waals surface area (Å²) >= 11 is 0. The van der Waals surface area contributed by atoms with Gasteiger partial charge in [-0.1, -0.05) is 68.4 Å². The maximum absolute atomic E-state index is 13.4. The molecule has 2 aromatic carbocycles. The highest BCUT2D eigenvalue weighted by molar-refractivity contribution is 5.26. The summed E-state index contributed by atoms with van der Waals surface area (Å²) in [6.07, 6.45) is 6.42. The Kier molecular flexibility index (Phi) is 8.09. The molecule has 1 unspecified atom stereocenters. The zero-order valence-corrected chi connectivity index (χ0v) is 17.6. The second-order valence-corrected chi connectivity index (χ2v) is 8.34. The Morgan fingerprint density at radius 1 is 0.893 bits per heavy atom. The van der Waals surface area contributed by atoms with Crippen LogP contribution < -0.4 is 0 Å². The number of benzene rings is 2. The Balaban J connectivity index is 1.53. The fraction of sp³-hybridized carbons (Fsp3) is 0.538. The summed E-state index contributed by atoms with van der Waals surface area (Å²) in [7, 11) is 0. The van der Waals surface area contributed by atoms with Gasteiger partial charge in [-0.3, -0.25) is 4.90 Å². The van der Waals surface area contributed by atoms with E-state index in [1.54, 1.807) is 0 Å². The first kappa shape index (κ1) is 21.0. The van der Waals surface area contributed by atoms with E-state index in [0.717, 1.165) is 45.2 Å². The van der Waals surface area contributed by atoms with Crippen LogP contribution in [-0.4, -0.2) is 23.7 Å². The summed E-state index contributed by atoms with van der Waals surface area (Å²) in [5, 5.41) is 0. The second-order valence-electron chi connectivity index (χ2n) is 8.34. The third kappa shape index (κ3) is 5.91. The second kappa shape index (κ2) is 10.8. The first-order valence-corrected chi connectivity index (χ1v) is 11.2. The molecule has 0 spiro atoms. The van der Waals surface area contributed by atoms with Gasteiger partial charge in [-0.25, -0.2) is 4.39 Å². The van der Waals surface area contributed by atoms with E-state index in [1.165, 1.54) is 29.5 Å². The van der Waals surface area contributed by atoms with Crippen LogP contribution in [0.3, 0.4) is 0 Å². The summed E-state index contributed by atoms with van der Waals surface area (Å²) in [6.45, 7) is 6.70. The van der Waals surface area contributed by atoms with E-state index >= 15 is 0 Å². The van der Waals surface area contributed by atoms with Crippen LogP contribution in [0.5, 0.6) is 0 Å². The van der Waals surface area contributed by atoms with Crippen molar-refractivity contribution < 1.29 is 4.39 Å². The highest BCUT2D eigenvalue weighted by atomic mass is 19.1. The lowest BCUT2D eigenvalue weighted by molar-refractivity contribution is 0.182. The molecule has 2 heteroatoms. The number of hydrogen-bond donors (Lipinski definition) is 0. The predicted octanol–water partition coefficient (Wildman–Crippen LogP) is 6.92. The normalized spacial score (nSPS) is 21.0. The van der Waals surface area contributed by atoms with Crippen molar-refractivity contribution in [2.24, 2.45) is 0 Å². The molecule has 1 atom stereocenters. The molecule has 1 nitrogen and oxygen atoms in total. The number of nitrogens with zero attached hydrogens (tertiary/aromatic N) is 1. The quantitative estimate of drug-likeness (QED) is 0.456. The lowest BCUT2D eigenvalue weighted by atomic mass is 9.83. The topological polar surface area (TPSA) is 3.24 Å². The zero-order chi connectivity index (χ0) is 19.8. The van der Waals surface area contributed by atoms with Gasteiger partial charge in [0, 0.05) is 12.6 Å². The van der Waals surface area contributed by atoms with E-state index in [9.17, 15) is 4.39 Å². The summed E-state index contributed by atoms with van der Waals surface area (Å²) < 4.78 is 13.4.